The number of imidazole rings is 1. The second-order valence-corrected chi connectivity index (χ2v) is 10.9. The van der Waals surface area contributed by atoms with Crippen molar-refractivity contribution in [2.45, 2.75) is 50.9 Å². The van der Waals surface area contributed by atoms with Crippen LogP contribution in [0.5, 0.6) is 0 Å². The van der Waals surface area contributed by atoms with E-state index in [0.29, 0.717) is 13.0 Å². The van der Waals surface area contributed by atoms with Crippen LogP contribution in [-0.4, -0.2) is 39.3 Å². The zero-order valence-electron chi connectivity index (χ0n) is 21.6. The van der Waals surface area contributed by atoms with Gasteiger partial charge in [-0.3, -0.25) is 9.59 Å². The molecule has 7 heteroatoms. The first kappa shape index (κ1) is 26.5. The fraction of sp³-hybridized carbons (Fsp3) is 0.300. The quantitative estimate of drug-likeness (QED) is 0.144. The summed E-state index contributed by atoms with van der Waals surface area (Å²) >= 11 is 1.59. The Hall–Kier alpha value is -3.58. The maximum atomic E-state index is 13.2. The van der Waals surface area contributed by atoms with Crippen molar-refractivity contribution in [3.63, 3.8) is 0 Å². The molecule has 0 saturated carbocycles. The van der Waals surface area contributed by atoms with Crippen molar-refractivity contribution >= 4 is 40.4 Å². The van der Waals surface area contributed by atoms with Gasteiger partial charge in [0.25, 0.3) is 0 Å². The average Bonchev–Trinajstić information content (AvgIpc) is 3.21. The molecule has 0 unspecified atom stereocenters. The number of para-hydroxylation sites is 3. The molecule has 0 aliphatic carbocycles. The first-order valence-corrected chi connectivity index (χ1v) is 13.5. The lowest BCUT2D eigenvalue weighted by molar-refractivity contribution is -0.155. The second-order valence-electron chi connectivity index (χ2n) is 9.80. The average molecular weight is 516 g/mol. The van der Waals surface area contributed by atoms with Crippen molar-refractivity contribution in [2.75, 3.05) is 17.2 Å². The second kappa shape index (κ2) is 12.1. The van der Waals surface area contributed by atoms with E-state index >= 15 is 0 Å². The summed E-state index contributed by atoms with van der Waals surface area (Å²) in [6.07, 6.45) is 1.13. The van der Waals surface area contributed by atoms with Crippen molar-refractivity contribution in [1.29, 1.82) is 0 Å². The summed E-state index contributed by atoms with van der Waals surface area (Å²) in [5, 5.41) is 0.772. The van der Waals surface area contributed by atoms with Crippen LogP contribution in [0.3, 0.4) is 0 Å². The highest BCUT2D eigenvalue weighted by atomic mass is 32.2. The third-order valence-corrected chi connectivity index (χ3v) is 6.71. The van der Waals surface area contributed by atoms with Gasteiger partial charge in [0.15, 0.2) is 5.16 Å². The predicted molar refractivity (Wildman–Crippen MR) is 150 cm³/mol. The third-order valence-electron chi connectivity index (χ3n) is 5.65. The summed E-state index contributed by atoms with van der Waals surface area (Å²) in [5.74, 6) is 0.526. The van der Waals surface area contributed by atoms with Crippen LogP contribution in [-0.2, 0) is 27.3 Å². The van der Waals surface area contributed by atoms with Gasteiger partial charge in [0.1, 0.15) is 12.1 Å². The van der Waals surface area contributed by atoms with Crippen molar-refractivity contribution in [3.8, 4) is 0 Å². The lowest BCUT2D eigenvalue weighted by atomic mass is 10.1. The molecular formula is C30H33N3O3S. The van der Waals surface area contributed by atoms with E-state index in [2.05, 4.69) is 0 Å². The molecule has 6 nitrogen and oxygen atoms in total. The molecule has 4 aromatic rings. The normalized spacial score (nSPS) is 11.4. The Labute approximate surface area is 222 Å². The number of carbonyl (C=O) groups excluding carboxylic acids is 2. The smallest absolute Gasteiger partial charge is 0.326 e. The molecule has 0 atom stereocenters. The number of anilines is 1. The molecule has 0 saturated heterocycles. The molecule has 0 bridgehead atoms. The molecule has 4 rings (SSSR count). The first-order valence-electron chi connectivity index (χ1n) is 12.5. The van der Waals surface area contributed by atoms with E-state index in [1.165, 1.54) is 0 Å². The molecule has 1 heterocycles. The molecule has 37 heavy (non-hydrogen) atoms. The molecule has 0 fully saturated rings. The van der Waals surface area contributed by atoms with Gasteiger partial charge in [-0.05, 0) is 57.0 Å². The number of aromatic nitrogens is 2. The van der Waals surface area contributed by atoms with E-state index in [0.717, 1.165) is 39.6 Å². The molecule has 0 radical (unpaired) electrons. The standard InChI is InChI=1S/C30H33N3O3S/c1-30(2,3)36-28(35)22-33-26-18-11-10-17-25(26)31-29(33)37-20-12-19-32(24-15-8-5-9-16-24)27(34)21-23-13-6-4-7-14-23/h4-11,13-18H,12,19-22H2,1-3H3. The molecule has 0 N–H and O–H groups in total. The lowest BCUT2D eigenvalue weighted by Crippen LogP contribution is -2.33. The summed E-state index contributed by atoms with van der Waals surface area (Å²) in [6, 6.07) is 27.4. The molecular weight excluding hydrogens is 482 g/mol. The number of nitrogens with zero attached hydrogens (tertiary/aromatic N) is 3. The zero-order valence-corrected chi connectivity index (χ0v) is 22.4. The van der Waals surface area contributed by atoms with Crippen LogP contribution in [0.1, 0.15) is 32.8 Å². The highest BCUT2D eigenvalue weighted by molar-refractivity contribution is 7.99. The van der Waals surface area contributed by atoms with Gasteiger partial charge in [-0.2, -0.15) is 0 Å². The van der Waals surface area contributed by atoms with E-state index in [9.17, 15) is 9.59 Å². The Morgan fingerprint density at radius 1 is 0.919 bits per heavy atom. The van der Waals surface area contributed by atoms with Crippen LogP contribution >= 0.6 is 11.8 Å². The number of carbonyl (C=O) groups is 2. The number of esters is 1. The van der Waals surface area contributed by atoms with Gasteiger partial charge >= 0.3 is 5.97 Å². The minimum absolute atomic E-state index is 0.0690. The van der Waals surface area contributed by atoms with Crippen molar-refractivity contribution in [1.82, 2.24) is 9.55 Å². The summed E-state index contributed by atoms with van der Waals surface area (Å²) in [4.78, 5) is 32.5. The van der Waals surface area contributed by atoms with E-state index in [-0.39, 0.29) is 18.4 Å². The van der Waals surface area contributed by atoms with Crippen LogP contribution < -0.4 is 4.90 Å². The molecule has 1 amide bonds. The van der Waals surface area contributed by atoms with E-state index in [4.69, 9.17) is 9.72 Å². The highest BCUT2D eigenvalue weighted by Crippen LogP contribution is 2.26. The summed E-state index contributed by atoms with van der Waals surface area (Å²) in [5.41, 5.74) is 3.09. The van der Waals surface area contributed by atoms with Crippen LogP contribution in [0, 0.1) is 0 Å². The van der Waals surface area contributed by atoms with Gasteiger partial charge in [-0.25, -0.2) is 4.98 Å². The summed E-state index contributed by atoms with van der Waals surface area (Å²) < 4.78 is 7.48. The van der Waals surface area contributed by atoms with Crippen LogP contribution in [0.15, 0.2) is 90.1 Å². The van der Waals surface area contributed by atoms with Crippen molar-refractivity contribution in [2.24, 2.45) is 0 Å². The third kappa shape index (κ3) is 7.46. The topological polar surface area (TPSA) is 64.4 Å². The fourth-order valence-electron chi connectivity index (χ4n) is 4.08. The minimum Gasteiger partial charge on any atom is -0.459 e. The number of hydrogen-bond donors (Lipinski definition) is 0. The largest absolute Gasteiger partial charge is 0.459 e. The summed E-state index contributed by atoms with van der Waals surface area (Å²) in [7, 11) is 0. The van der Waals surface area contributed by atoms with E-state index in [1.807, 2.05) is 115 Å². The Morgan fingerprint density at radius 3 is 2.27 bits per heavy atom. The molecule has 0 aliphatic heterocycles. The Morgan fingerprint density at radius 2 is 1.57 bits per heavy atom. The summed E-state index contributed by atoms with van der Waals surface area (Å²) in [6.45, 7) is 6.29. The minimum atomic E-state index is -0.548. The van der Waals surface area contributed by atoms with Crippen LogP contribution in [0.25, 0.3) is 11.0 Å². The van der Waals surface area contributed by atoms with Gasteiger partial charge in [-0.1, -0.05) is 72.4 Å². The Balaban J connectivity index is 1.44. The van der Waals surface area contributed by atoms with Gasteiger partial charge < -0.3 is 14.2 Å². The highest BCUT2D eigenvalue weighted by Gasteiger charge is 2.20. The number of rotatable bonds is 10. The maximum absolute atomic E-state index is 13.2. The molecule has 1 aromatic heterocycles. The predicted octanol–water partition coefficient (Wildman–Crippen LogP) is 6.14. The van der Waals surface area contributed by atoms with Gasteiger partial charge in [0, 0.05) is 18.0 Å². The Kier molecular flexibility index (Phi) is 8.66. The lowest BCUT2D eigenvalue weighted by Gasteiger charge is -2.23. The molecule has 3 aromatic carbocycles. The SMILES string of the molecule is CC(C)(C)OC(=O)Cn1c(SCCCN(C(=O)Cc2ccccc2)c2ccccc2)nc2ccccc21. The molecule has 0 aliphatic rings. The van der Waals surface area contributed by atoms with Crippen LogP contribution in [0.4, 0.5) is 5.69 Å². The number of benzene rings is 3. The number of hydrogen-bond acceptors (Lipinski definition) is 5. The van der Waals surface area contributed by atoms with Gasteiger partial charge in [0.05, 0.1) is 17.5 Å². The van der Waals surface area contributed by atoms with E-state index in [1.54, 1.807) is 11.8 Å². The monoisotopic (exact) mass is 515 g/mol. The number of ether oxygens (including phenoxy) is 1. The zero-order chi connectivity index (χ0) is 26.3. The fourth-order valence-corrected chi connectivity index (χ4v) is 5.01. The van der Waals surface area contributed by atoms with Crippen LogP contribution in [0.2, 0.25) is 0 Å². The van der Waals surface area contributed by atoms with Gasteiger partial charge in [-0.15, -0.1) is 0 Å². The Bertz CT molecular complexity index is 1330. The maximum Gasteiger partial charge on any atom is 0.326 e. The van der Waals surface area contributed by atoms with Crippen molar-refractivity contribution < 1.29 is 14.3 Å². The number of amides is 1. The molecule has 192 valence electrons. The van der Waals surface area contributed by atoms with Crippen molar-refractivity contribution in [3.05, 3.63) is 90.5 Å². The molecule has 0 spiro atoms. The number of thioether (sulfide) groups is 1. The first-order chi connectivity index (χ1) is 17.8. The van der Waals surface area contributed by atoms with E-state index < -0.39 is 5.60 Å². The van der Waals surface area contributed by atoms with Gasteiger partial charge in [0.2, 0.25) is 5.91 Å². The number of fused-ring (bicyclic) bond motifs is 1.